The molecule has 0 aromatic heterocycles. The second kappa shape index (κ2) is 8.11. The third-order valence-electron chi connectivity index (χ3n) is 4.80. The number of rotatable bonds is 8. The molecule has 0 heterocycles. The van der Waals surface area contributed by atoms with Crippen LogP contribution in [0.1, 0.15) is 78.6 Å². The first kappa shape index (κ1) is 18.4. The van der Waals surface area contributed by atoms with Gasteiger partial charge in [0.15, 0.2) is 0 Å². The van der Waals surface area contributed by atoms with E-state index in [1.807, 2.05) is 0 Å². The molecule has 0 saturated heterocycles. The predicted molar refractivity (Wildman–Crippen MR) is 93.2 cm³/mol. The van der Waals surface area contributed by atoms with Gasteiger partial charge in [0.1, 0.15) is 0 Å². The standard InChI is InChI=1S/C17H32N2OS/c1-4-5-7-10-16(2,3)13-19-15(20)17(14(18)21)11-8-6-9-12-17/h4-13H2,1-3H3,(H2,18,21)(H,19,20). The number of hydrogen-bond donors (Lipinski definition) is 2. The van der Waals surface area contributed by atoms with Crippen molar-refractivity contribution in [2.45, 2.75) is 78.6 Å². The normalized spacial score (nSPS) is 18.2. The summed E-state index contributed by atoms with van der Waals surface area (Å²) in [6.45, 7) is 7.36. The molecular weight excluding hydrogens is 280 g/mol. The van der Waals surface area contributed by atoms with Gasteiger partial charge in [-0.3, -0.25) is 4.79 Å². The van der Waals surface area contributed by atoms with E-state index < -0.39 is 5.41 Å². The average Bonchev–Trinajstić information content (AvgIpc) is 2.45. The zero-order valence-corrected chi connectivity index (χ0v) is 14.8. The molecule has 0 bridgehead atoms. The summed E-state index contributed by atoms with van der Waals surface area (Å²) in [5, 5.41) is 3.14. The Bertz CT molecular complexity index is 360. The van der Waals surface area contributed by atoms with Crippen molar-refractivity contribution in [3.63, 3.8) is 0 Å². The molecule has 3 N–H and O–H groups in total. The van der Waals surface area contributed by atoms with Gasteiger partial charge >= 0.3 is 0 Å². The number of carbonyl (C=O) groups is 1. The van der Waals surface area contributed by atoms with Crippen LogP contribution in [0.15, 0.2) is 0 Å². The lowest BCUT2D eigenvalue weighted by molar-refractivity contribution is -0.129. The Balaban J connectivity index is 2.56. The molecule has 0 atom stereocenters. The van der Waals surface area contributed by atoms with Crippen LogP contribution in [-0.4, -0.2) is 17.4 Å². The van der Waals surface area contributed by atoms with E-state index in [9.17, 15) is 4.79 Å². The predicted octanol–water partition coefficient (Wildman–Crippen LogP) is 3.95. The fourth-order valence-corrected chi connectivity index (χ4v) is 3.47. The first-order chi connectivity index (χ1) is 9.84. The van der Waals surface area contributed by atoms with Crippen molar-refractivity contribution >= 4 is 23.1 Å². The Morgan fingerprint density at radius 1 is 1.24 bits per heavy atom. The maximum absolute atomic E-state index is 12.7. The lowest BCUT2D eigenvalue weighted by atomic mass is 9.73. The third-order valence-corrected chi connectivity index (χ3v) is 5.19. The summed E-state index contributed by atoms with van der Waals surface area (Å²) in [7, 11) is 0. The summed E-state index contributed by atoms with van der Waals surface area (Å²) in [6.07, 6.45) is 9.74. The summed E-state index contributed by atoms with van der Waals surface area (Å²) < 4.78 is 0. The molecule has 1 rings (SSSR count). The molecule has 1 aliphatic carbocycles. The van der Waals surface area contributed by atoms with Crippen molar-refractivity contribution in [3.8, 4) is 0 Å². The van der Waals surface area contributed by atoms with E-state index in [-0.39, 0.29) is 11.3 Å². The molecule has 1 fully saturated rings. The Kier molecular flexibility index (Phi) is 7.11. The van der Waals surface area contributed by atoms with Crippen LogP contribution in [0, 0.1) is 10.8 Å². The van der Waals surface area contributed by atoms with E-state index >= 15 is 0 Å². The number of hydrogen-bond acceptors (Lipinski definition) is 2. The van der Waals surface area contributed by atoms with Crippen LogP contribution in [0.2, 0.25) is 0 Å². The zero-order valence-electron chi connectivity index (χ0n) is 14.0. The van der Waals surface area contributed by atoms with Gasteiger partial charge in [0, 0.05) is 6.54 Å². The van der Waals surface area contributed by atoms with Crippen molar-refractivity contribution in [2.24, 2.45) is 16.6 Å². The molecule has 0 aromatic rings. The Morgan fingerprint density at radius 2 is 1.86 bits per heavy atom. The first-order valence-electron chi connectivity index (χ1n) is 8.42. The van der Waals surface area contributed by atoms with Crippen LogP contribution in [0.5, 0.6) is 0 Å². The van der Waals surface area contributed by atoms with Gasteiger partial charge < -0.3 is 11.1 Å². The molecular formula is C17H32N2OS. The second-order valence-electron chi connectivity index (χ2n) is 7.31. The molecule has 21 heavy (non-hydrogen) atoms. The van der Waals surface area contributed by atoms with Crippen molar-refractivity contribution in [1.29, 1.82) is 0 Å². The van der Waals surface area contributed by atoms with Crippen LogP contribution in [0.4, 0.5) is 0 Å². The lowest BCUT2D eigenvalue weighted by Gasteiger charge is -2.36. The summed E-state index contributed by atoms with van der Waals surface area (Å²) in [5.74, 6) is 0.0540. The van der Waals surface area contributed by atoms with Gasteiger partial charge in [-0.2, -0.15) is 0 Å². The molecule has 1 aliphatic rings. The molecule has 0 aliphatic heterocycles. The highest BCUT2D eigenvalue weighted by Crippen LogP contribution is 2.37. The Morgan fingerprint density at radius 3 is 2.38 bits per heavy atom. The minimum atomic E-state index is -0.590. The van der Waals surface area contributed by atoms with Gasteiger partial charge in [-0.25, -0.2) is 0 Å². The van der Waals surface area contributed by atoms with Crippen molar-refractivity contribution in [2.75, 3.05) is 6.54 Å². The third kappa shape index (κ3) is 5.24. The highest BCUT2D eigenvalue weighted by Gasteiger charge is 2.42. The Hall–Kier alpha value is -0.640. The first-order valence-corrected chi connectivity index (χ1v) is 8.83. The smallest absolute Gasteiger partial charge is 0.233 e. The number of thiocarbonyl (C=S) groups is 1. The maximum Gasteiger partial charge on any atom is 0.233 e. The largest absolute Gasteiger partial charge is 0.392 e. The van der Waals surface area contributed by atoms with Crippen molar-refractivity contribution in [3.05, 3.63) is 0 Å². The van der Waals surface area contributed by atoms with E-state index in [0.29, 0.717) is 11.5 Å². The zero-order chi connectivity index (χ0) is 15.9. The molecule has 0 unspecified atom stereocenters. The minimum Gasteiger partial charge on any atom is -0.392 e. The van der Waals surface area contributed by atoms with Crippen molar-refractivity contribution in [1.82, 2.24) is 5.32 Å². The summed E-state index contributed by atoms with van der Waals surface area (Å²) in [6, 6.07) is 0. The fraction of sp³-hybridized carbons (Fsp3) is 0.882. The van der Waals surface area contributed by atoms with Gasteiger partial charge in [-0.15, -0.1) is 0 Å². The van der Waals surface area contributed by atoms with Gasteiger partial charge in [0.05, 0.1) is 10.4 Å². The van der Waals surface area contributed by atoms with E-state index in [0.717, 1.165) is 32.1 Å². The minimum absolute atomic E-state index is 0.0540. The average molecular weight is 313 g/mol. The number of carbonyl (C=O) groups excluding carboxylic acids is 1. The van der Waals surface area contributed by atoms with Gasteiger partial charge in [-0.05, 0) is 24.7 Å². The summed E-state index contributed by atoms with van der Waals surface area (Å²) in [5.41, 5.74) is 5.46. The molecule has 1 saturated carbocycles. The molecule has 122 valence electrons. The Labute approximate surface area is 135 Å². The number of nitrogens with one attached hydrogen (secondary N) is 1. The van der Waals surface area contributed by atoms with Crippen LogP contribution in [0.25, 0.3) is 0 Å². The van der Waals surface area contributed by atoms with Crippen LogP contribution in [0.3, 0.4) is 0 Å². The van der Waals surface area contributed by atoms with E-state index in [1.54, 1.807) is 0 Å². The van der Waals surface area contributed by atoms with E-state index in [2.05, 4.69) is 26.1 Å². The molecule has 4 heteroatoms. The van der Waals surface area contributed by atoms with Crippen LogP contribution < -0.4 is 11.1 Å². The van der Waals surface area contributed by atoms with Crippen LogP contribution in [-0.2, 0) is 4.79 Å². The molecule has 0 radical (unpaired) electrons. The lowest BCUT2D eigenvalue weighted by Crippen LogP contribution is -2.51. The molecule has 0 aromatic carbocycles. The molecule has 0 spiro atoms. The molecule has 1 amide bonds. The monoisotopic (exact) mass is 312 g/mol. The quantitative estimate of drug-likeness (QED) is 0.527. The van der Waals surface area contributed by atoms with E-state index in [1.165, 1.54) is 25.7 Å². The second-order valence-corrected chi connectivity index (χ2v) is 7.75. The van der Waals surface area contributed by atoms with Crippen LogP contribution >= 0.6 is 12.2 Å². The SMILES string of the molecule is CCCCCC(C)(C)CNC(=O)C1(C(N)=S)CCCCC1. The molecule has 3 nitrogen and oxygen atoms in total. The summed E-state index contributed by atoms with van der Waals surface area (Å²) >= 11 is 5.21. The topological polar surface area (TPSA) is 55.1 Å². The van der Waals surface area contributed by atoms with Gasteiger partial charge in [-0.1, -0.05) is 71.5 Å². The van der Waals surface area contributed by atoms with E-state index in [4.69, 9.17) is 18.0 Å². The van der Waals surface area contributed by atoms with Crippen molar-refractivity contribution < 1.29 is 4.79 Å². The summed E-state index contributed by atoms with van der Waals surface area (Å²) in [4.78, 5) is 13.0. The highest BCUT2D eigenvalue weighted by molar-refractivity contribution is 7.80. The highest BCUT2D eigenvalue weighted by atomic mass is 32.1. The van der Waals surface area contributed by atoms with Gasteiger partial charge in [0.25, 0.3) is 0 Å². The number of amides is 1. The number of unbranched alkanes of at least 4 members (excludes halogenated alkanes) is 2. The number of nitrogens with two attached hydrogens (primary N) is 1. The maximum atomic E-state index is 12.7. The fourth-order valence-electron chi connectivity index (χ4n) is 3.17. The van der Waals surface area contributed by atoms with Gasteiger partial charge in [0.2, 0.25) is 5.91 Å².